The third kappa shape index (κ3) is 3.33. The molecule has 30 heavy (non-hydrogen) atoms. The fraction of sp³-hybridized carbons (Fsp3) is 0.280. The van der Waals surface area contributed by atoms with E-state index in [0.29, 0.717) is 16.2 Å². The number of thiophene rings is 1. The van der Waals surface area contributed by atoms with Crippen molar-refractivity contribution in [1.82, 2.24) is 9.47 Å². The molecule has 2 aromatic carbocycles. The number of hydrogen-bond donors (Lipinski definition) is 0. The average molecular weight is 417 g/mol. The number of benzene rings is 2. The lowest BCUT2D eigenvalue weighted by Gasteiger charge is -2.31. The van der Waals surface area contributed by atoms with Gasteiger partial charge in [-0.05, 0) is 42.9 Å². The summed E-state index contributed by atoms with van der Waals surface area (Å²) in [5.74, 6) is 0.676. The van der Waals surface area contributed by atoms with Crippen LogP contribution in [0.4, 0.5) is 0 Å². The van der Waals surface area contributed by atoms with Gasteiger partial charge in [-0.3, -0.25) is 9.59 Å². The molecular formula is C25H24N2O2S. The van der Waals surface area contributed by atoms with Gasteiger partial charge in [0.05, 0.1) is 15.8 Å². The molecule has 0 radical (unpaired) electrons. The van der Waals surface area contributed by atoms with Gasteiger partial charge < -0.3 is 9.47 Å². The first-order valence-electron chi connectivity index (χ1n) is 10.5. The summed E-state index contributed by atoms with van der Waals surface area (Å²) in [6, 6.07) is 20.3. The van der Waals surface area contributed by atoms with Gasteiger partial charge >= 0.3 is 0 Å². The van der Waals surface area contributed by atoms with E-state index < -0.39 is 0 Å². The zero-order valence-corrected chi connectivity index (χ0v) is 17.8. The molecule has 5 heteroatoms. The molecule has 2 aromatic heterocycles. The first-order valence-corrected chi connectivity index (χ1v) is 11.3. The van der Waals surface area contributed by atoms with E-state index >= 15 is 0 Å². The lowest BCUT2D eigenvalue weighted by Crippen LogP contribution is -2.38. The summed E-state index contributed by atoms with van der Waals surface area (Å²) in [6.45, 7) is 1.56. The number of amides is 1. The van der Waals surface area contributed by atoms with Crippen LogP contribution in [0.3, 0.4) is 0 Å². The lowest BCUT2D eigenvalue weighted by molar-refractivity contribution is 0.0695. The number of carbonyl (C=O) groups excluding carboxylic acids is 1. The van der Waals surface area contributed by atoms with Crippen molar-refractivity contribution >= 4 is 38.2 Å². The van der Waals surface area contributed by atoms with E-state index in [0.717, 1.165) is 48.0 Å². The summed E-state index contributed by atoms with van der Waals surface area (Å²) in [5.41, 5.74) is 2.23. The van der Waals surface area contributed by atoms with Gasteiger partial charge in [0.25, 0.3) is 11.5 Å². The molecule has 0 aliphatic carbocycles. The Morgan fingerprint density at radius 2 is 1.70 bits per heavy atom. The Balaban J connectivity index is 1.37. The van der Waals surface area contributed by atoms with E-state index in [1.165, 1.54) is 16.9 Å². The number of fused-ring (bicyclic) bond motifs is 3. The second-order valence-electron chi connectivity index (χ2n) is 8.16. The van der Waals surface area contributed by atoms with Crippen molar-refractivity contribution in [3.8, 4) is 0 Å². The van der Waals surface area contributed by atoms with Crippen LogP contribution in [0.5, 0.6) is 0 Å². The molecule has 5 rings (SSSR count). The first-order chi connectivity index (χ1) is 14.6. The van der Waals surface area contributed by atoms with Crippen molar-refractivity contribution in [2.24, 2.45) is 13.0 Å². The van der Waals surface area contributed by atoms with E-state index in [4.69, 9.17) is 0 Å². The van der Waals surface area contributed by atoms with Gasteiger partial charge in [-0.2, -0.15) is 0 Å². The van der Waals surface area contributed by atoms with Crippen molar-refractivity contribution in [3.63, 3.8) is 0 Å². The molecule has 1 fully saturated rings. The molecule has 152 valence electrons. The number of aryl methyl sites for hydroxylation is 1. The molecule has 0 saturated carbocycles. The number of aromatic nitrogens is 1. The maximum absolute atomic E-state index is 13.2. The summed E-state index contributed by atoms with van der Waals surface area (Å²) in [5, 5.41) is 1.67. The van der Waals surface area contributed by atoms with Gasteiger partial charge in [0, 0.05) is 30.2 Å². The van der Waals surface area contributed by atoms with Gasteiger partial charge in [0.15, 0.2) is 0 Å². The van der Waals surface area contributed by atoms with E-state index in [1.807, 2.05) is 35.2 Å². The molecule has 3 heterocycles. The molecule has 0 spiro atoms. The maximum atomic E-state index is 13.2. The minimum absolute atomic E-state index is 0.0411. The number of piperidine rings is 1. The summed E-state index contributed by atoms with van der Waals surface area (Å²) < 4.78 is 2.59. The highest BCUT2D eigenvalue weighted by Gasteiger charge is 2.25. The van der Waals surface area contributed by atoms with Crippen LogP contribution in [0.2, 0.25) is 0 Å². The van der Waals surface area contributed by atoms with Crippen LogP contribution in [-0.2, 0) is 13.5 Å². The minimum Gasteiger partial charge on any atom is -0.338 e. The Morgan fingerprint density at radius 1 is 1.00 bits per heavy atom. The molecule has 1 aliphatic heterocycles. The van der Waals surface area contributed by atoms with Gasteiger partial charge in [0.2, 0.25) is 0 Å². The molecule has 1 saturated heterocycles. The smallest absolute Gasteiger partial charge is 0.263 e. The van der Waals surface area contributed by atoms with Gasteiger partial charge in [-0.15, -0.1) is 11.3 Å². The third-order valence-electron chi connectivity index (χ3n) is 6.26. The predicted octanol–water partition coefficient (Wildman–Crippen LogP) is 4.85. The van der Waals surface area contributed by atoms with Crippen molar-refractivity contribution in [2.75, 3.05) is 13.1 Å². The van der Waals surface area contributed by atoms with Crippen molar-refractivity contribution in [2.45, 2.75) is 19.3 Å². The van der Waals surface area contributed by atoms with Gasteiger partial charge in [-0.1, -0.05) is 48.5 Å². The monoisotopic (exact) mass is 416 g/mol. The maximum Gasteiger partial charge on any atom is 0.263 e. The number of para-hydroxylation sites is 1. The molecule has 0 unspecified atom stereocenters. The SMILES string of the molecule is Cn1c(=O)c2cc(C(=O)N3CCC(Cc4ccccc4)CC3)sc2c2ccccc21. The standard InChI is InChI=1S/C25H24N2O2S/c1-26-21-10-6-5-9-19(21)23-20(24(26)28)16-22(30-23)25(29)27-13-11-18(12-14-27)15-17-7-3-2-4-8-17/h2-10,16,18H,11-15H2,1H3. The summed E-state index contributed by atoms with van der Waals surface area (Å²) in [4.78, 5) is 28.6. The molecular weight excluding hydrogens is 392 g/mol. The highest BCUT2D eigenvalue weighted by molar-refractivity contribution is 7.21. The van der Waals surface area contributed by atoms with Crippen LogP contribution < -0.4 is 5.56 Å². The average Bonchev–Trinajstić information content (AvgIpc) is 3.24. The number of likely N-dealkylation sites (tertiary alicyclic amines) is 1. The van der Waals surface area contributed by atoms with Crippen LogP contribution >= 0.6 is 11.3 Å². The summed E-state index contributed by atoms with van der Waals surface area (Å²) in [6.07, 6.45) is 3.13. The third-order valence-corrected chi connectivity index (χ3v) is 7.41. The number of carbonyl (C=O) groups is 1. The first kappa shape index (κ1) is 19.1. The zero-order valence-electron chi connectivity index (χ0n) is 17.0. The quantitative estimate of drug-likeness (QED) is 0.479. The highest BCUT2D eigenvalue weighted by atomic mass is 32.1. The Labute approximate surface area is 179 Å². The predicted molar refractivity (Wildman–Crippen MR) is 123 cm³/mol. The van der Waals surface area contributed by atoms with Crippen LogP contribution in [-0.4, -0.2) is 28.5 Å². The Bertz CT molecular complexity index is 1280. The summed E-state index contributed by atoms with van der Waals surface area (Å²) >= 11 is 1.45. The molecule has 0 atom stereocenters. The highest BCUT2D eigenvalue weighted by Crippen LogP contribution is 2.32. The van der Waals surface area contributed by atoms with Crippen LogP contribution in [0.15, 0.2) is 65.5 Å². The zero-order chi connectivity index (χ0) is 20.7. The normalized spacial score (nSPS) is 15.2. The van der Waals surface area contributed by atoms with E-state index in [-0.39, 0.29) is 11.5 Å². The van der Waals surface area contributed by atoms with E-state index in [2.05, 4.69) is 24.3 Å². The fourth-order valence-electron chi connectivity index (χ4n) is 4.55. The molecule has 1 amide bonds. The van der Waals surface area contributed by atoms with E-state index in [1.54, 1.807) is 17.7 Å². The Morgan fingerprint density at radius 3 is 2.47 bits per heavy atom. The Kier molecular flexibility index (Phi) is 4.91. The number of hydrogen-bond acceptors (Lipinski definition) is 3. The fourth-order valence-corrected chi connectivity index (χ4v) is 5.70. The van der Waals surface area contributed by atoms with Gasteiger partial charge in [-0.25, -0.2) is 0 Å². The van der Waals surface area contributed by atoms with Crippen LogP contribution in [0.1, 0.15) is 28.1 Å². The number of nitrogens with zero attached hydrogens (tertiary/aromatic N) is 2. The second-order valence-corrected chi connectivity index (χ2v) is 9.21. The lowest BCUT2D eigenvalue weighted by atomic mass is 9.90. The van der Waals surface area contributed by atoms with Crippen molar-refractivity contribution in [1.29, 1.82) is 0 Å². The molecule has 4 aromatic rings. The molecule has 0 bridgehead atoms. The second kappa shape index (κ2) is 7.73. The molecule has 0 N–H and O–H groups in total. The minimum atomic E-state index is -0.0411. The molecule has 4 nitrogen and oxygen atoms in total. The number of rotatable bonds is 3. The van der Waals surface area contributed by atoms with Gasteiger partial charge in [0.1, 0.15) is 0 Å². The van der Waals surface area contributed by atoms with Crippen LogP contribution in [0.25, 0.3) is 21.0 Å². The van der Waals surface area contributed by atoms with Crippen LogP contribution in [0, 0.1) is 5.92 Å². The summed E-state index contributed by atoms with van der Waals surface area (Å²) in [7, 11) is 1.79. The topological polar surface area (TPSA) is 42.3 Å². The Hall–Kier alpha value is -2.92. The van der Waals surface area contributed by atoms with Crippen molar-refractivity contribution < 1.29 is 4.79 Å². The molecule has 1 aliphatic rings. The number of pyridine rings is 1. The largest absolute Gasteiger partial charge is 0.338 e. The van der Waals surface area contributed by atoms with E-state index in [9.17, 15) is 9.59 Å². The van der Waals surface area contributed by atoms with Crippen molar-refractivity contribution in [3.05, 3.63) is 81.5 Å².